The van der Waals surface area contributed by atoms with Crippen LogP contribution in [0.15, 0.2) is 54.6 Å². The summed E-state index contributed by atoms with van der Waals surface area (Å²) in [4.78, 5) is 17.6. The van der Waals surface area contributed by atoms with Crippen molar-refractivity contribution in [2.45, 2.75) is 25.2 Å². The largest absolute Gasteiger partial charge is 0.497 e. The molecule has 2 heterocycles. The van der Waals surface area contributed by atoms with Crippen LogP contribution >= 0.6 is 0 Å². The van der Waals surface area contributed by atoms with E-state index in [-0.39, 0.29) is 12.7 Å². The van der Waals surface area contributed by atoms with Gasteiger partial charge in [-0.05, 0) is 53.4 Å². The molecular weight excluding hydrogens is 420 g/mol. The number of ether oxygens (including phenoxy) is 3. The molecular formula is C26H26N2O5. The van der Waals surface area contributed by atoms with Gasteiger partial charge in [-0.3, -0.25) is 4.79 Å². The number of aromatic nitrogens is 1. The molecule has 0 bridgehead atoms. The van der Waals surface area contributed by atoms with Gasteiger partial charge >= 0.3 is 5.97 Å². The monoisotopic (exact) mass is 446 g/mol. The number of aliphatic carboxylic acids is 1. The average molecular weight is 447 g/mol. The summed E-state index contributed by atoms with van der Waals surface area (Å²) in [6.45, 7) is 3.06. The molecule has 1 aliphatic heterocycles. The van der Waals surface area contributed by atoms with Gasteiger partial charge in [0, 0.05) is 18.4 Å². The zero-order valence-electron chi connectivity index (χ0n) is 18.6. The number of pyridine rings is 1. The molecule has 3 aromatic rings. The third-order valence-corrected chi connectivity index (χ3v) is 6.38. The Morgan fingerprint density at radius 3 is 2.55 bits per heavy atom. The maximum Gasteiger partial charge on any atom is 0.308 e. The summed E-state index contributed by atoms with van der Waals surface area (Å²) in [7, 11) is 1.61. The Balaban J connectivity index is 1.66. The second-order valence-corrected chi connectivity index (χ2v) is 8.30. The zero-order chi connectivity index (χ0) is 22.9. The van der Waals surface area contributed by atoms with E-state index in [2.05, 4.69) is 12.2 Å². The van der Waals surface area contributed by atoms with E-state index in [4.69, 9.17) is 19.2 Å². The van der Waals surface area contributed by atoms with Gasteiger partial charge < -0.3 is 24.6 Å². The van der Waals surface area contributed by atoms with Crippen LogP contribution in [0, 0.1) is 5.92 Å². The van der Waals surface area contributed by atoms with Gasteiger partial charge in [-0.2, -0.15) is 0 Å². The van der Waals surface area contributed by atoms with E-state index in [1.54, 1.807) is 7.11 Å². The van der Waals surface area contributed by atoms with Crippen molar-refractivity contribution in [2.75, 3.05) is 25.8 Å². The van der Waals surface area contributed by atoms with Crippen LogP contribution in [-0.2, 0) is 4.79 Å². The number of nitrogens with one attached hydrogen (secondary N) is 1. The summed E-state index contributed by atoms with van der Waals surface area (Å²) >= 11 is 0. The molecule has 1 aromatic heterocycles. The number of carboxylic acid groups (broad SMARTS) is 1. The number of nitrogens with zero attached hydrogens (tertiary/aromatic N) is 1. The van der Waals surface area contributed by atoms with E-state index in [1.807, 2.05) is 54.6 Å². The molecule has 0 spiro atoms. The van der Waals surface area contributed by atoms with E-state index in [9.17, 15) is 9.90 Å². The Hall–Kier alpha value is -3.74. The Morgan fingerprint density at radius 2 is 1.82 bits per heavy atom. The molecule has 33 heavy (non-hydrogen) atoms. The lowest BCUT2D eigenvalue weighted by Gasteiger charge is -2.22. The quantitative estimate of drug-likeness (QED) is 0.547. The molecule has 7 heteroatoms. The fourth-order valence-electron chi connectivity index (χ4n) is 4.86. The number of carbonyl (C=O) groups is 1. The summed E-state index contributed by atoms with van der Waals surface area (Å²) < 4.78 is 16.3. The molecule has 170 valence electrons. The van der Waals surface area contributed by atoms with E-state index in [1.165, 1.54) is 0 Å². The first kappa shape index (κ1) is 21.1. The number of methoxy groups -OCH3 is 1. The molecule has 2 N–H and O–H groups in total. The predicted molar refractivity (Wildman–Crippen MR) is 123 cm³/mol. The van der Waals surface area contributed by atoms with E-state index >= 15 is 0 Å². The molecule has 0 saturated carbocycles. The fourth-order valence-corrected chi connectivity index (χ4v) is 4.86. The topological polar surface area (TPSA) is 89.9 Å². The summed E-state index contributed by atoms with van der Waals surface area (Å²) in [6.07, 6.45) is 0.970. The zero-order valence-corrected chi connectivity index (χ0v) is 18.6. The standard InChI is InChI=1S/C26H26N2O5/c1-3-12-27-21-11-9-18-22(16-6-10-19-20(13-16)33-14-32-19)24(26(29)30)23(25(18)28-21)15-4-7-17(31-2)8-5-15/h4-11,13,22-24H,3,12,14H2,1-2H3,(H,27,28)(H,29,30)/t22-,23-,24+/m0/s1. The van der Waals surface area contributed by atoms with Crippen molar-refractivity contribution in [2.24, 2.45) is 5.92 Å². The second-order valence-electron chi connectivity index (χ2n) is 8.30. The predicted octanol–water partition coefficient (Wildman–Crippen LogP) is 4.62. The van der Waals surface area contributed by atoms with Crippen molar-refractivity contribution in [3.8, 4) is 17.2 Å². The highest BCUT2D eigenvalue weighted by Crippen LogP contribution is 2.53. The molecule has 2 aliphatic rings. The fraction of sp³-hybridized carbons (Fsp3) is 0.308. The van der Waals surface area contributed by atoms with Crippen LogP contribution < -0.4 is 19.5 Å². The number of anilines is 1. The van der Waals surface area contributed by atoms with Gasteiger partial charge in [0.15, 0.2) is 11.5 Å². The summed E-state index contributed by atoms with van der Waals surface area (Å²) in [6, 6.07) is 17.2. The Kier molecular flexibility index (Phi) is 5.54. The smallest absolute Gasteiger partial charge is 0.308 e. The first-order valence-electron chi connectivity index (χ1n) is 11.1. The second kappa shape index (κ2) is 8.65. The van der Waals surface area contributed by atoms with Crippen LogP contribution in [0.1, 0.15) is 47.6 Å². The minimum absolute atomic E-state index is 0.172. The molecule has 3 atom stereocenters. The van der Waals surface area contributed by atoms with Crippen molar-refractivity contribution in [3.05, 3.63) is 77.0 Å². The summed E-state index contributed by atoms with van der Waals surface area (Å²) in [5, 5.41) is 13.8. The van der Waals surface area contributed by atoms with E-state index in [0.717, 1.165) is 46.9 Å². The number of fused-ring (bicyclic) bond motifs is 2. The molecule has 5 rings (SSSR count). The maximum absolute atomic E-state index is 12.7. The molecule has 0 unspecified atom stereocenters. The lowest BCUT2D eigenvalue weighted by atomic mass is 9.80. The number of carboxylic acids is 1. The summed E-state index contributed by atoms with van der Waals surface area (Å²) in [5.74, 6) is 0.441. The van der Waals surface area contributed by atoms with Gasteiger partial charge in [-0.15, -0.1) is 0 Å². The van der Waals surface area contributed by atoms with Crippen molar-refractivity contribution >= 4 is 11.8 Å². The number of hydrogen-bond acceptors (Lipinski definition) is 6. The molecule has 2 aromatic carbocycles. The minimum atomic E-state index is -0.862. The lowest BCUT2D eigenvalue weighted by molar-refractivity contribution is -0.142. The first-order chi connectivity index (χ1) is 16.1. The van der Waals surface area contributed by atoms with E-state index in [0.29, 0.717) is 11.5 Å². The highest BCUT2D eigenvalue weighted by Gasteiger charge is 2.48. The van der Waals surface area contributed by atoms with Crippen molar-refractivity contribution in [3.63, 3.8) is 0 Å². The van der Waals surface area contributed by atoms with Crippen LogP contribution in [0.4, 0.5) is 5.82 Å². The Labute approximate surface area is 192 Å². The maximum atomic E-state index is 12.7. The van der Waals surface area contributed by atoms with Crippen LogP contribution in [-0.4, -0.2) is 36.5 Å². The Bertz CT molecular complexity index is 1180. The van der Waals surface area contributed by atoms with Crippen LogP contribution in [0.3, 0.4) is 0 Å². The van der Waals surface area contributed by atoms with Crippen molar-refractivity contribution in [1.82, 2.24) is 4.98 Å². The average Bonchev–Trinajstić information content (AvgIpc) is 3.44. The normalized spacial score (nSPS) is 20.4. The van der Waals surface area contributed by atoms with Gasteiger partial charge in [-0.1, -0.05) is 31.2 Å². The highest BCUT2D eigenvalue weighted by atomic mass is 16.7. The van der Waals surface area contributed by atoms with Gasteiger partial charge in [0.1, 0.15) is 11.6 Å². The highest BCUT2D eigenvalue weighted by molar-refractivity contribution is 5.77. The van der Waals surface area contributed by atoms with Gasteiger partial charge in [0.25, 0.3) is 0 Å². The van der Waals surface area contributed by atoms with Gasteiger partial charge in [0.2, 0.25) is 6.79 Å². The lowest BCUT2D eigenvalue weighted by Crippen LogP contribution is -2.24. The molecule has 0 radical (unpaired) electrons. The van der Waals surface area contributed by atoms with E-state index < -0.39 is 17.8 Å². The minimum Gasteiger partial charge on any atom is -0.497 e. The van der Waals surface area contributed by atoms with Crippen molar-refractivity contribution < 1.29 is 24.1 Å². The Morgan fingerprint density at radius 1 is 1.06 bits per heavy atom. The molecule has 0 amide bonds. The number of hydrogen-bond donors (Lipinski definition) is 2. The molecule has 1 aliphatic carbocycles. The van der Waals surface area contributed by atoms with Crippen LogP contribution in [0.2, 0.25) is 0 Å². The third kappa shape index (κ3) is 3.73. The number of benzene rings is 2. The first-order valence-corrected chi connectivity index (χ1v) is 11.1. The third-order valence-electron chi connectivity index (χ3n) is 6.38. The SMILES string of the molecule is CCCNc1ccc2c(n1)[C@@H](c1ccc(OC)cc1)[C@H](C(=O)O)[C@H]2c1ccc2c(c1)OCO2. The van der Waals surface area contributed by atoms with Crippen LogP contribution in [0.5, 0.6) is 17.2 Å². The summed E-state index contributed by atoms with van der Waals surface area (Å²) in [5.41, 5.74) is 3.48. The molecule has 0 fully saturated rings. The number of rotatable bonds is 7. The molecule has 0 saturated heterocycles. The van der Waals surface area contributed by atoms with Gasteiger partial charge in [0.05, 0.1) is 18.7 Å². The van der Waals surface area contributed by atoms with Gasteiger partial charge in [-0.25, -0.2) is 4.98 Å². The van der Waals surface area contributed by atoms with Crippen molar-refractivity contribution in [1.29, 1.82) is 0 Å². The molecule has 7 nitrogen and oxygen atoms in total. The van der Waals surface area contributed by atoms with Crippen LogP contribution in [0.25, 0.3) is 0 Å².